The van der Waals surface area contributed by atoms with Crippen LogP contribution in [-0.4, -0.2) is 53.3 Å². The number of amides is 1. The van der Waals surface area contributed by atoms with Crippen molar-refractivity contribution in [2.24, 2.45) is 0 Å². The van der Waals surface area contributed by atoms with Gasteiger partial charge in [-0.05, 0) is 51.7 Å². The van der Waals surface area contributed by atoms with Crippen molar-refractivity contribution in [3.8, 4) is 0 Å². The van der Waals surface area contributed by atoms with E-state index in [9.17, 15) is 15.0 Å². The van der Waals surface area contributed by atoms with Gasteiger partial charge in [-0.2, -0.15) is 0 Å². The number of hydrogen-bond acceptors (Lipinski definition) is 3. The van der Waals surface area contributed by atoms with Crippen molar-refractivity contribution in [1.82, 2.24) is 4.90 Å². The van der Waals surface area contributed by atoms with Gasteiger partial charge in [0.05, 0.1) is 18.2 Å². The second kappa shape index (κ2) is 6.73. The minimum atomic E-state index is -2.03. The fourth-order valence-electron chi connectivity index (χ4n) is 3.00. The second-order valence-electron chi connectivity index (χ2n) is 9.27. The summed E-state index contributed by atoms with van der Waals surface area (Å²) in [6.07, 6.45) is 0.220. The van der Waals surface area contributed by atoms with E-state index in [1.54, 1.807) is 0 Å². The van der Waals surface area contributed by atoms with E-state index in [4.69, 9.17) is 4.43 Å². The van der Waals surface area contributed by atoms with Crippen LogP contribution >= 0.6 is 0 Å². The zero-order chi connectivity index (χ0) is 18.2. The van der Waals surface area contributed by atoms with E-state index in [0.29, 0.717) is 19.3 Å². The van der Waals surface area contributed by atoms with Gasteiger partial charge in [0.15, 0.2) is 8.32 Å². The van der Waals surface area contributed by atoms with Crippen LogP contribution in [0.15, 0.2) is 0 Å². The molecule has 0 spiro atoms. The summed E-state index contributed by atoms with van der Waals surface area (Å²) < 4.78 is 6.53. The van der Waals surface area contributed by atoms with Crippen LogP contribution < -0.4 is 0 Å². The van der Waals surface area contributed by atoms with Gasteiger partial charge < -0.3 is 14.6 Å². The van der Waals surface area contributed by atoms with Crippen molar-refractivity contribution >= 4 is 14.4 Å². The van der Waals surface area contributed by atoms with E-state index in [-0.39, 0.29) is 17.2 Å². The van der Waals surface area contributed by atoms with E-state index < -0.39 is 26.1 Å². The summed E-state index contributed by atoms with van der Waals surface area (Å²) in [5, 5.41) is 19.9. The molecule has 0 bridgehead atoms. The number of nitrogens with zero attached hydrogens (tertiary/aromatic N) is 1. The van der Waals surface area contributed by atoms with Crippen molar-refractivity contribution in [3.05, 3.63) is 0 Å². The molecule has 1 saturated carbocycles. The summed E-state index contributed by atoms with van der Waals surface area (Å²) in [6, 6.07) is -0.204. The Morgan fingerprint density at radius 3 is 2.04 bits per heavy atom. The lowest BCUT2D eigenvalue weighted by Gasteiger charge is -2.49. The zero-order valence-electron chi connectivity index (χ0n) is 16.0. The number of aliphatic hydroxyl groups is 1. The van der Waals surface area contributed by atoms with Gasteiger partial charge in [0.2, 0.25) is 0 Å². The predicted molar refractivity (Wildman–Crippen MR) is 95.3 cm³/mol. The Morgan fingerprint density at radius 1 is 1.13 bits per heavy atom. The zero-order valence-corrected chi connectivity index (χ0v) is 17.0. The van der Waals surface area contributed by atoms with Gasteiger partial charge in [-0.1, -0.05) is 20.8 Å². The Hall–Kier alpha value is -0.593. The largest absolute Gasteiger partial charge is 0.465 e. The first-order valence-corrected chi connectivity index (χ1v) is 11.5. The molecule has 1 aliphatic carbocycles. The second-order valence-corrected chi connectivity index (χ2v) is 14.0. The summed E-state index contributed by atoms with van der Waals surface area (Å²) in [7, 11) is -2.03. The molecule has 0 aliphatic heterocycles. The smallest absolute Gasteiger partial charge is 0.408 e. The van der Waals surface area contributed by atoms with Crippen LogP contribution in [0.5, 0.6) is 0 Å². The molecule has 3 atom stereocenters. The van der Waals surface area contributed by atoms with Crippen LogP contribution in [0, 0.1) is 0 Å². The molecule has 6 heteroatoms. The maximum atomic E-state index is 11.9. The Balaban J connectivity index is 3.11. The number of rotatable bonds is 3. The maximum absolute atomic E-state index is 11.9. The van der Waals surface area contributed by atoms with Crippen LogP contribution in [0.3, 0.4) is 0 Å². The molecule has 5 nitrogen and oxygen atoms in total. The highest BCUT2D eigenvalue weighted by Crippen LogP contribution is 2.40. The number of aliphatic hydroxyl groups excluding tert-OH is 1. The summed E-state index contributed by atoms with van der Waals surface area (Å²) in [4.78, 5) is 13.4. The Kier molecular flexibility index (Phi) is 5.98. The van der Waals surface area contributed by atoms with E-state index in [1.165, 1.54) is 4.90 Å². The topological polar surface area (TPSA) is 70.0 Å². The number of carboxylic acid groups (broad SMARTS) is 1. The molecule has 136 valence electrons. The molecule has 0 saturated heterocycles. The molecular weight excluding hydrogens is 310 g/mol. The average Bonchev–Trinajstić information content (AvgIpc) is 2.28. The van der Waals surface area contributed by atoms with Crippen LogP contribution in [-0.2, 0) is 4.43 Å². The van der Waals surface area contributed by atoms with E-state index >= 15 is 0 Å². The van der Waals surface area contributed by atoms with Crippen LogP contribution in [0.25, 0.3) is 0 Å². The molecular formula is C17H35NO4Si. The molecule has 1 aliphatic rings. The molecule has 0 aromatic rings. The normalized spacial score (nSPS) is 26.9. The molecule has 0 unspecified atom stereocenters. The predicted octanol–water partition coefficient (Wildman–Crippen LogP) is 4.07. The highest BCUT2D eigenvalue weighted by atomic mass is 28.4. The molecule has 2 N–H and O–H groups in total. The first kappa shape index (κ1) is 20.5. The Bertz CT molecular complexity index is 425. The van der Waals surface area contributed by atoms with Crippen LogP contribution in [0.2, 0.25) is 18.1 Å². The van der Waals surface area contributed by atoms with Crippen molar-refractivity contribution in [3.63, 3.8) is 0 Å². The van der Waals surface area contributed by atoms with Crippen LogP contribution in [0.1, 0.15) is 60.8 Å². The maximum Gasteiger partial charge on any atom is 0.408 e. The quantitative estimate of drug-likeness (QED) is 0.757. The lowest BCUT2D eigenvalue weighted by atomic mass is 9.87. The Labute approximate surface area is 142 Å². The van der Waals surface area contributed by atoms with Crippen molar-refractivity contribution in [2.45, 2.75) is 103 Å². The van der Waals surface area contributed by atoms with E-state index in [1.807, 2.05) is 20.8 Å². The third-order valence-electron chi connectivity index (χ3n) is 5.24. The van der Waals surface area contributed by atoms with Gasteiger partial charge in [-0.3, -0.25) is 4.90 Å². The molecule has 1 fully saturated rings. The molecule has 23 heavy (non-hydrogen) atoms. The first-order valence-electron chi connectivity index (χ1n) is 8.55. The standard InChI is InChI=1S/C17H35NO4Si/c1-16(2,3)18(15(20)21)13-10-9-12(19)11-14(13)22-23(7,8)17(4,5)6/h12-14,19H,9-11H2,1-8H3,(H,20,21)/t12-,13+,14+/m0/s1. The molecule has 0 heterocycles. The van der Waals surface area contributed by atoms with E-state index in [2.05, 4.69) is 33.9 Å². The van der Waals surface area contributed by atoms with Gasteiger partial charge in [0, 0.05) is 12.0 Å². The fourth-order valence-corrected chi connectivity index (χ4v) is 4.36. The number of hydrogen-bond donors (Lipinski definition) is 2. The molecule has 1 amide bonds. The Morgan fingerprint density at radius 2 is 1.65 bits per heavy atom. The average molecular weight is 346 g/mol. The lowest BCUT2D eigenvalue weighted by Crippen LogP contribution is -2.60. The van der Waals surface area contributed by atoms with E-state index in [0.717, 1.165) is 0 Å². The van der Waals surface area contributed by atoms with Gasteiger partial charge in [-0.25, -0.2) is 4.79 Å². The minimum absolute atomic E-state index is 0.0513. The summed E-state index contributed by atoms with van der Waals surface area (Å²) in [5.41, 5.74) is -0.492. The summed E-state index contributed by atoms with van der Waals surface area (Å²) in [5.74, 6) is 0. The third kappa shape index (κ3) is 4.94. The van der Waals surface area contributed by atoms with Crippen molar-refractivity contribution < 1.29 is 19.4 Å². The van der Waals surface area contributed by atoms with Gasteiger partial charge >= 0.3 is 6.09 Å². The fraction of sp³-hybridized carbons (Fsp3) is 0.941. The SMILES string of the molecule is CC(C)(C)N(C(=O)O)[C@@H]1CC[C@H](O)C[C@H]1O[Si](C)(C)C(C)(C)C. The lowest BCUT2D eigenvalue weighted by molar-refractivity contribution is -0.0391. The monoisotopic (exact) mass is 345 g/mol. The minimum Gasteiger partial charge on any atom is -0.465 e. The van der Waals surface area contributed by atoms with Crippen LogP contribution in [0.4, 0.5) is 4.79 Å². The van der Waals surface area contributed by atoms with Crippen molar-refractivity contribution in [2.75, 3.05) is 0 Å². The molecule has 1 rings (SSSR count). The van der Waals surface area contributed by atoms with Gasteiger partial charge in [0.25, 0.3) is 0 Å². The third-order valence-corrected chi connectivity index (χ3v) is 9.75. The first-order chi connectivity index (χ1) is 10.2. The summed E-state index contributed by atoms with van der Waals surface area (Å²) in [6.45, 7) is 16.6. The molecule has 0 radical (unpaired) electrons. The molecule has 0 aromatic carbocycles. The summed E-state index contributed by atoms with van der Waals surface area (Å²) >= 11 is 0. The number of carbonyl (C=O) groups is 1. The highest BCUT2D eigenvalue weighted by Gasteiger charge is 2.46. The highest BCUT2D eigenvalue weighted by molar-refractivity contribution is 6.74. The molecule has 0 aromatic heterocycles. The van der Waals surface area contributed by atoms with Crippen molar-refractivity contribution in [1.29, 1.82) is 0 Å². The van der Waals surface area contributed by atoms with Gasteiger partial charge in [-0.15, -0.1) is 0 Å². The van der Waals surface area contributed by atoms with Gasteiger partial charge in [0.1, 0.15) is 0 Å².